The van der Waals surface area contributed by atoms with Gasteiger partial charge < -0.3 is 10.6 Å². The topological polar surface area (TPSA) is 46.3 Å². The van der Waals surface area contributed by atoms with Crippen LogP contribution in [0.15, 0.2) is 30.3 Å². The van der Waals surface area contributed by atoms with Gasteiger partial charge in [0.2, 0.25) is 5.91 Å². The Balaban J connectivity index is 1.99. The molecule has 0 aliphatic carbocycles. The van der Waals surface area contributed by atoms with Crippen molar-refractivity contribution in [1.82, 2.24) is 4.90 Å². The van der Waals surface area contributed by atoms with Crippen LogP contribution in [0.2, 0.25) is 0 Å². The van der Waals surface area contributed by atoms with Gasteiger partial charge in [-0.25, -0.2) is 0 Å². The van der Waals surface area contributed by atoms with Crippen LogP contribution in [0.4, 0.5) is 5.69 Å². The average Bonchev–Trinajstić information content (AvgIpc) is 2.90. The number of hydrogen-bond acceptors (Lipinski definition) is 2. The lowest BCUT2D eigenvalue weighted by Crippen LogP contribution is -2.30. The van der Waals surface area contributed by atoms with E-state index in [2.05, 4.69) is 13.8 Å². The highest BCUT2D eigenvalue weighted by Gasteiger charge is 2.36. The summed E-state index contributed by atoms with van der Waals surface area (Å²) in [6.45, 7) is 6.21. The highest BCUT2D eigenvalue weighted by Crippen LogP contribution is 2.36. The number of benzene rings is 1. The van der Waals surface area contributed by atoms with Crippen molar-refractivity contribution in [3.63, 3.8) is 0 Å². The van der Waals surface area contributed by atoms with E-state index in [4.69, 9.17) is 5.73 Å². The third kappa shape index (κ3) is 3.21. The second kappa shape index (κ2) is 6.12. The molecular weight excluding hydrogens is 248 g/mol. The molecule has 1 heterocycles. The van der Waals surface area contributed by atoms with Crippen molar-refractivity contribution in [1.29, 1.82) is 0 Å². The predicted molar refractivity (Wildman–Crippen MR) is 84.1 cm³/mol. The molecule has 0 saturated carbocycles. The Bertz CT molecular complexity index is 503. The summed E-state index contributed by atoms with van der Waals surface area (Å²) in [5.41, 5.74) is 7.75. The van der Waals surface area contributed by atoms with E-state index in [1.165, 1.54) is 0 Å². The fourth-order valence-electron chi connectivity index (χ4n) is 2.89. The molecule has 2 N–H and O–H groups in total. The Morgan fingerprint density at radius 3 is 2.75 bits per heavy atom. The minimum Gasteiger partial charge on any atom is -0.399 e. The summed E-state index contributed by atoms with van der Waals surface area (Å²) in [5, 5.41) is 0. The van der Waals surface area contributed by atoms with Crippen LogP contribution < -0.4 is 5.73 Å². The van der Waals surface area contributed by atoms with Gasteiger partial charge in [-0.15, -0.1) is 0 Å². The van der Waals surface area contributed by atoms with Gasteiger partial charge in [0.25, 0.3) is 0 Å². The smallest absolute Gasteiger partial charge is 0.246 e. The maximum absolute atomic E-state index is 12.2. The van der Waals surface area contributed by atoms with Crippen LogP contribution in [0.25, 0.3) is 6.08 Å². The molecule has 1 saturated heterocycles. The van der Waals surface area contributed by atoms with E-state index < -0.39 is 0 Å². The first-order valence-electron chi connectivity index (χ1n) is 7.41. The summed E-state index contributed by atoms with van der Waals surface area (Å²) in [5.74, 6) is 0.108. The number of anilines is 1. The number of amides is 1. The van der Waals surface area contributed by atoms with Crippen molar-refractivity contribution < 1.29 is 4.79 Å². The number of carbonyl (C=O) groups is 1. The van der Waals surface area contributed by atoms with Crippen LogP contribution in [0.5, 0.6) is 0 Å². The molecule has 20 heavy (non-hydrogen) atoms. The molecule has 0 aromatic heterocycles. The van der Waals surface area contributed by atoms with Crippen LogP contribution >= 0.6 is 0 Å². The second-order valence-corrected chi connectivity index (χ2v) is 5.72. The molecule has 2 rings (SSSR count). The standard InChI is InChI=1S/C17H24N2O/c1-3-17(4-2)10-11-19(13-17)16(20)9-8-14-6-5-7-15(18)12-14/h5-9,12H,3-4,10-11,13,18H2,1-2H3/b9-8+. The average molecular weight is 272 g/mol. The van der Waals surface area contributed by atoms with Crippen LogP contribution in [0.3, 0.4) is 0 Å². The fraction of sp³-hybridized carbons (Fsp3) is 0.471. The fourth-order valence-corrected chi connectivity index (χ4v) is 2.89. The summed E-state index contributed by atoms with van der Waals surface area (Å²) in [6, 6.07) is 7.56. The van der Waals surface area contributed by atoms with E-state index in [1.807, 2.05) is 35.2 Å². The van der Waals surface area contributed by atoms with Crippen molar-refractivity contribution in [2.24, 2.45) is 5.41 Å². The normalized spacial score (nSPS) is 17.8. The van der Waals surface area contributed by atoms with Gasteiger partial charge in [-0.05, 0) is 48.4 Å². The molecule has 108 valence electrons. The summed E-state index contributed by atoms with van der Waals surface area (Å²) in [4.78, 5) is 14.2. The number of rotatable bonds is 4. The number of hydrogen-bond donors (Lipinski definition) is 1. The number of likely N-dealkylation sites (tertiary alicyclic amines) is 1. The molecule has 1 aromatic rings. The minimum atomic E-state index is 0.108. The van der Waals surface area contributed by atoms with Crippen LogP contribution in [0, 0.1) is 5.41 Å². The van der Waals surface area contributed by atoms with Gasteiger partial charge in [-0.3, -0.25) is 4.79 Å². The van der Waals surface area contributed by atoms with Gasteiger partial charge in [0.15, 0.2) is 0 Å². The first kappa shape index (κ1) is 14.6. The lowest BCUT2D eigenvalue weighted by Gasteiger charge is -2.25. The third-order valence-corrected chi connectivity index (χ3v) is 4.58. The largest absolute Gasteiger partial charge is 0.399 e. The molecule has 0 bridgehead atoms. The van der Waals surface area contributed by atoms with Crippen LogP contribution in [0.1, 0.15) is 38.7 Å². The van der Waals surface area contributed by atoms with Gasteiger partial charge in [-0.2, -0.15) is 0 Å². The van der Waals surface area contributed by atoms with Crippen molar-refractivity contribution in [3.05, 3.63) is 35.9 Å². The highest BCUT2D eigenvalue weighted by atomic mass is 16.2. The van der Waals surface area contributed by atoms with Crippen molar-refractivity contribution in [2.45, 2.75) is 33.1 Å². The summed E-state index contributed by atoms with van der Waals surface area (Å²) in [7, 11) is 0. The predicted octanol–water partition coefficient (Wildman–Crippen LogP) is 3.32. The highest BCUT2D eigenvalue weighted by molar-refractivity contribution is 5.92. The Morgan fingerprint density at radius 1 is 1.40 bits per heavy atom. The quantitative estimate of drug-likeness (QED) is 0.675. The maximum Gasteiger partial charge on any atom is 0.246 e. The molecule has 3 heteroatoms. The Kier molecular flexibility index (Phi) is 4.48. The molecule has 1 amide bonds. The minimum absolute atomic E-state index is 0.108. The van der Waals surface area contributed by atoms with Gasteiger partial charge in [-0.1, -0.05) is 26.0 Å². The van der Waals surface area contributed by atoms with Crippen molar-refractivity contribution in [2.75, 3.05) is 18.8 Å². The number of nitrogens with zero attached hydrogens (tertiary/aromatic N) is 1. The number of nitrogen functional groups attached to an aromatic ring is 1. The molecule has 1 aliphatic heterocycles. The number of nitrogens with two attached hydrogens (primary N) is 1. The monoisotopic (exact) mass is 272 g/mol. The molecule has 1 aromatic carbocycles. The molecule has 0 atom stereocenters. The molecular formula is C17H24N2O. The summed E-state index contributed by atoms with van der Waals surface area (Å²) < 4.78 is 0. The second-order valence-electron chi connectivity index (χ2n) is 5.72. The van der Waals surface area contributed by atoms with Crippen LogP contribution in [-0.4, -0.2) is 23.9 Å². The molecule has 1 fully saturated rings. The lowest BCUT2D eigenvalue weighted by molar-refractivity contribution is -0.125. The van der Waals surface area contributed by atoms with E-state index in [0.717, 1.165) is 43.6 Å². The van der Waals surface area contributed by atoms with Crippen molar-refractivity contribution in [3.8, 4) is 0 Å². The Morgan fingerprint density at radius 2 is 2.15 bits per heavy atom. The van der Waals surface area contributed by atoms with E-state index in [0.29, 0.717) is 5.41 Å². The summed E-state index contributed by atoms with van der Waals surface area (Å²) >= 11 is 0. The lowest BCUT2D eigenvalue weighted by atomic mass is 9.82. The molecule has 0 spiro atoms. The van der Waals surface area contributed by atoms with Gasteiger partial charge in [0.1, 0.15) is 0 Å². The molecule has 0 unspecified atom stereocenters. The van der Waals surface area contributed by atoms with E-state index in [1.54, 1.807) is 6.08 Å². The van der Waals surface area contributed by atoms with E-state index in [-0.39, 0.29) is 5.91 Å². The van der Waals surface area contributed by atoms with Gasteiger partial charge in [0.05, 0.1) is 0 Å². The Hall–Kier alpha value is -1.77. The van der Waals surface area contributed by atoms with Crippen molar-refractivity contribution >= 4 is 17.7 Å². The molecule has 1 aliphatic rings. The first-order valence-corrected chi connectivity index (χ1v) is 7.41. The van der Waals surface area contributed by atoms with Gasteiger partial charge in [0, 0.05) is 24.9 Å². The van der Waals surface area contributed by atoms with Gasteiger partial charge >= 0.3 is 0 Å². The zero-order valence-corrected chi connectivity index (χ0v) is 12.4. The Labute approximate surface area is 121 Å². The molecule has 0 radical (unpaired) electrons. The van der Waals surface area contributed by atoms with E-state index >= 15 is 0 Å². The summed E-state index contributed by atoms with van der Waals surface area (Å²) in [6.07, 6.45) is 6.92. The third-order valence-electron chi connectivity index (χ3n) is 4.58. The van der Waals surface area contributed by atoms with E-state index in [9.17, 15) is 4.79 Å². The zero-order chi connectivity index (χ0) is 14.6. The maximum atomic E-state index is 12.2. The molecule has 3 nitrogen and oxygen atoms in total. The van der Waals surface area contributed by atoms with Crippen LogP contribution in [-0.2, 0) is 4.79 Å². The zero-order valence-electron chi connectivity index (χ0n) is 12.4. The first-order chi connectivity index (χ1) is 9.58. The number of carbonyl (C=O) groups excluding carboxylic acids is 1. The SMILES string of the molecule is CCC1(CC)CCN(C(=O)/C=C/c2cccc(N)c2)C1.